The van der Waals surface area contributed by atoms with E-state index in [1.165, 1.54) is 26.4 Å². The van der Waals surface area contributed by atoms with Crippen molar-refractivity contribution < 1.29 is 33.0 Å². The van der Waals surface area contributed by atoms with Crippen molar-refractivity contribution in [2.45, 2.75) is 0 Å². The summed E-state index contributed by atoms with van der Waals surface area (Å²) < 4.78 is 27.5. The van der Waals surface area contributed by atoms with Crippen LogP contribution in [0.2, 0.25) is 5.02 Å². The number of halogens is 1. The fourth-order valence-corrected chi connectivity index (χ4v) is 3.85. The molecule has 0 fully saturated rings. The number of hydrogen-bond acceptors (Lipinski definition) is 7. The number of carbonyl (C=O) groups is 2. The fraction of sp³-hybridized carbons (Fsp3) is 0.0769. The van der Waals surface area contributed by atoms with Crippen molar-refractivity contribution in [3.05, 3.63) is 88.3 Å². The summed E-state index contributed by atoms with van der Waals surface area (Å²) in [6.45, 7) is 0. The Morgan fingerprint density at radius 3 is 2.65 bits per heavy atom. The highest BCUT2D eigenvalue weighted by atomic mass is 35.5. The summed E-state index contributed by atoms with van der Waals surface area (Å²) in [5, 5.41) is 1.22. The van der Waals surface area contributed by atoms with E-state index < -0.39 is 5.97 Å². The number of benzene rings is 3. The highest BCUT2D eigenvalue weighted by Gasteiger charge is 2.29. The van der Waals surface area contributed by atoms with Crippen LogP contribution in [0, 0.1) is 0 Å². The lowest BCUT2D eigenvalue weighted by Crippen LogP contribution is -2.07. The van der Waals surface area contributed by atoms with Crippen molar-refractivity contribution in [1.82, 2.24) is 0 Å². The van der Waals surface area contributed by atoms with Crippen molar-refractivity contribution >= 4 is 40.4 Å². The standard InChI is InChI=1S/C26H17ClO7/c1-30-20-5-3-4-14(25(20)31-2)11-22-24(28)18-8-7-17(13-21(18)34-22)32-26(29)23-12-15-10-16(27)6-9-19(15)33-23/h3-13H,1-2H3/b22-11-. The Bertz CT molecular complexity index is 1480. The van der Waals surface area contributed by atoms with E-state index >= 15 is 0 Å². The van der Waals surface area contributed by atoms with Gasteiger partial charge in [-0.1, -0.05) is 23.7 Å². The Labute approximate surface area is 199 Å². The Morgan fingerprint density at radius 2 is 1.85 bits per heavy atom. The summed E-state index contributed by atoms with van der Waals surface area (Å²) in [6, 6.07) is 16.5. The molecule has 34 heavy (non-hydrogen) atoms. The molecular weight excluding hydrogens is 460 g/mol. The van der Waals surface area contributed by atoms with Crippen LogP contribution in [0.4, 0.5) is 0 Å². The van der Waals surface area contributed by atoms with Crippen LogP contribution in [-0.4, -0.2) is 26.0 Å². The van der Waals surface area contributed by atoms with Crippen LogP contribution in [0.5, 0.6) is 23.0 Å². The van der Waals surface area contributed by atoms with Crippen LogP contribution < -0.4 is 18.9 Å². The number of methoxy groups -OCH3 is 2. The number of fused-ring (bicyclic) bond motifs is 2. The molecule has 0 amide bonds. The fourth-order valence-electron chi connectivity index (χ4n) is 3.67. The first kappa shape index (κ1) is 21.6. The Balaban J connectivity index is 1.39. The molecule has 0 radical (unpaired) electrons. The van der Waals surface area contributed by atoms with Gasteiger partial charge < -0.3 is 23.4 Å². The number of hydrogen-bond donors (Lipinski definition) is 0. The molecule has 0 bridgehead atoms. The molecule has 4 aromatic rings. The van der Waals surface area contributed by atoms with E-state index in [-0.39, 0.29) is 28.8 Å². The normalized spacial score (nSPS) is 13.6. The zero-order valence-corrected chi connectivity index (χ0v) is 18.8. The second kappa shape index (κ2) is 8.61. The molecule has 0 saturated carbocycles. The predicted octanol–water partition coefficient (Wildman–Crippen LogP) is 5.94. The molecule has 0 saturated heterocycles. The van der Waals surface area contributed by atoms with Gasteiger partial charge in [-0.05, 0) is 48.5 Å². The van der Waals surface area contributed by atoms with Gasteiger partial charge in [0.2, 0.25) is 11.5 Å². The minimum absolute atomic E-state index is 0.0282. The van der Waals surface area contributed by atoms with Gasteiger partial charge in [-0.15, -0.1) is 0 Å². The zero-order valence-electron chi connectivity index (χ0n) is 18.1. The van der Waals surface area contributed by atoms with Gasteiger partial charge in [-0.25, -0.2) is 4.79 Å². The van der Waals surface area contributed by atoms with E-state index in [9.17, 15) is 9.59 Å². The van der Waals surface area contributed by atoms with Gasteiger partial charge in [0.05, 0.1) is 19.8 Å². The van der Waals surface area contributed by atoms with Crippen LogP contribution in [-0.2, 0) is 0 Å². The zero-order chi connectivity index (χ0) is 23.8. The summed E-state index contributed by atoms with van der Waals surface area (Å²) in [7, 11) is 3.05. The van der Waals surface area contributed by atoms with Crippen molar-refractivity contribution in [2.24, 2.45) is 0 Å². The van der Waals surface area contributed by atoms with E-state index in [1.54, 1.807) is 54.6 Å². The lowest BCUT2D eigenvalue weighted by atomic mass is 10.1. The number of ketones is 1. The summed E-state index contributed by atoms with van der Waals surface area (Å²) in [5.74, 6) is 0.642. The van der Waals surface area contributed by atoms with Crippen molar-refractivity contribution in [1.29, 1.82) is 0 Å². The molecule has 170 valence electrons. The van der Waals surface area contributed by atoms with Crippen molar-refractivity contribution in [2.75, 3.05) is 14.2 Å². The van der Waals surface area contributed by atoms with E-state index in [4.69, 9.17) is 35.0 Å². The van der Waals surface area contributed by atoms with Crippen LogP contribution >= 0.6 is 11.6 Å². The van der Waals surface area contributed by atoms with Crippen LogP contribution in [0.25, 0.3) is 17.0 Å². The molecule has 8 heteroatoms. The number of ether oxygens (including phenoxy) is 4. The maximum atomic E-state index is 12.8. The second-order valence-electron chi connectivity index (χ2n) is 7.36. The van der Waals surface area contributed by atoms with Crippen LogP contribution in [0.15, 0.2) is 70.8 Å². The van der Waals surface area contributed by atoms with Crippen LogP contribution in [0.1, 0.15) is 26.5 Å². The third-order valence-corrected chi connectivity index (χ3v) is 5.49. The van der Waals surface area contributed by atoms with Crippen LogP contribution in [0.3, 0.4) is 0 Å². The largest absolute Gasteiger partial charge is 0.493 e. The summed E-state index contributed by atoms with van der Waals surface area (Å²) in [6.07, 6.45) is 1.58. The van der Waals surface area contributed by atoms with Gasteiger partial charge in [0.1, 0.15) is 17.1 Å². The van der Waals surface area contributed by atoms with E-state index in [0.29, 0.717) is 38.6 Å². The lowest BCUT2D eigenvalue weighted by Gasteiger charge is -2.10. The molecule has 0 N–H and O–H groups in total. The summed E-state index contributed by atoms with van der Waals surface area (Å²) >= 11 is 5.98. The smallest absolute Gasteiger partial charge is 0.379 e. The third-order valence-electron chi connectivity index (χ3n) is 5.25. The first-order chi connectivity index (χ1) is 16.5. The number of Topliss-reactive ketones (excluding diaryl/α,β-unsaturated/α-hetero) is 1. The molecule has 7 nitrogen and oxygen atoms in total. The topological polar surface area (TPSA) is 84.2 Å². The van der Waals surface area contributed by atoms with Gasteiger partial charge in [-0.3, -0.25) is 4.79 Å². The molecule has 0 aliphatic carbocycles. The molecule has 0 spiro atoms. The average Bonchev–Trinajstić information content (AvgIpc) is 3.39. The highest BCUT2D eigenvalue weighted by Crippen LogP contribution is 2.38. The Kier molecular flexibility index (Phi) is 5.47. The van der Waals surface area contributed by atoms with Gasteiger partial charge >= 0.3 is 5.97 Å². The first-order valence-electron chi connectivity index (χ1n) is 10.2. The predicted molar refractivity (Wildman–Crippen MR) is 125 cm³/mol. The number of esters is 1. The maximum Gasteiger partial charge on any atom is 0.379 e. The minimum atomic E-state index is -0.687. The molecule has 0 unspecified atom stereocenters. The number of carbonyl (C=O) groups excluding carboxylic acids is 2. The van der Waals surface area contributed by atoms with E-state index in [2.05, 4.69) is 0 Å². The number of para-hydroxylation sites is 1. The van der Waals surface area contributed by atoms with Gasteiger partial charge in [0, 0.05) is 22.0 Å². The quantitative estimate of drug-likeness (QED) is 0.200. The maximum absolute atomic E-state index is 12.8. The van der Waals surface area contributed by atoms with E-state index in [1.807, 2.05) is 0 Å². The van der Waals surface area contributed by atoms with Gasteiger partial charge in [0.15, 0.2) is 17.3 Å². The molecule has 1 aliphatic heterocycles. The molecule has 1 aliphatic rings. The molecule has 0 atom stereocenters. The molecule has 3 aromatic carbocycles. The van der Waals surface area contributed by atoms with E-state index in [0.717, 1.165) is 0 Å². The minimum Gasteiger partial charge on any atom is -0.493 e. The highest BCUT2D eigenvalue weighted by molar-refractivity contribution is 6.31. The second-order valence-corrected chi connectivity index (χ2v) is 7.80. The van der Waals surface area contributed by atoms with Gasteiger partial charge in [-0.2, -0.15) is 0 Å². The number of furan rings is 1. The van der Waals surface area contributed by atoms with Crippen molar-refractivity contribution in [3.8, 4) is 23.0 Å². The molecule has 5 rings (SSSR count). The molecule has 1 aromatic heterocycles. The summed E-state index contributed by atoms with van der Waals surface area (Å²) in [5.41, 5.74) is 1.49. The Hall–Kier alpha value is -4.23. The monoisotopic (exact) mass is 476 g/mol. The van der Waals surface area contributed by atoms with Crippen molar-refractivity contribution in [3.63, 3.8) is 0 Å². The van der Waals surface area contributed by atoms with Gasteiger partial charge in [0.25, 0.3) is 0 Å². The molecular formula is C26H17ClO7. The lowest BCUT2D eigenvalue weighted by molar-refractivity contribution is 0.0703. The summed E-state index contributed by atoms with van der Waals surface area (Å²) in [4.78, 5) is 25.4. The number of allylic oxidation sites excluding steroid dienone is 1. The average molecular weight is 477 g/mol. The molecule has 2 heterocycles. The number of rotatable bonds is 5. The third kappa shape index (κ3) is 3.86. The first-order valence-corrected chi connectivity index (χ1v) is 10.5. The SMILES string of the molecule is COc1cccc(/C=C2\Oc3cc(OC(=O)c4cc5cc(Cl)ccc5o4)ccc3C2=O)c1OC. The Morgan fingerprint density at radius 1 is 1.00 bits per heavy atom.